The van der Waals surface area contributed by atoms with Gasteiger partial charge < -0.3 is 14.9 Å². The molecule has 0 saturated heterocycles. The van der Waals surface area contributed by atoms with E-state index in [9.17, 15) is 9.90 Å². The first-order valence-corrected chi connectivity index (χ1v) is 4.60. The van der Waals surface area contributed by atoms with E-state index >= 15 is 0 Å². The molecule has 15 heavy (non-hydrogen) atoms. The molecule has 5 heteroatoms. The van der Waals surface area contributed by atoms with Crippen LogP contribution in [0.15, 0.2) is 12.1 Å². The summed E-state index contributed by atoms with van der Waals surface area (Å²) >= 11 is 5.83. The zero-order chi connectivity index (χ0) is 11.6. The van der Waals surface area contributed by atoms with Crippen LogP contribution in [-0.2, 0) is 4.79 Å². The molecule has 4 nitrogen and oxygen atoms in total. The normalized spacial score (nSPS) is 12.3. The van der Waals surface area contributed by atoms with Gasteiger partial charge in [-0.3, -0.25) is 0 Å². The fourth-order valence-electron chi connectivity index (χ4n) is 1.19. The lowest BCUT2D eigenvalue weighted by Gasteiger charge is -2.13. The summed E-state index contributed by atoms with van der Waals surface area (Å²) in [6.45, 7) is 1.77. The van der Waals surface area contributed by atoms with Crippen LogP contribution in [0, 0.1) is 6.92 Å². The highest BCUT2D eigenvalue weighted by atomic mass is 35.5. The number of hydrogen-bond donors (Lipinski definition) is 2. The Balaban J connectivity index is 3.27. The lowest BCUT2D eigenvalue weighted by Crippen LogP contribution is -2.11. The third-order valence-electron chi connectivity index (χ3n) is 2.04. The lowest BCUT2D eigenvalue weighted by atomic mass is 10.1. The topological polar surface area (TPSA) is 66.8 Å². The van der Waals surface area contributed by atoms with Crippen molar-refractivity contribution in [2.24, 2.45) is 0 Å². The Kier molecular flexibility index (Phi) is 3.55. The molecule has 0 aliphatic carbocycles. The van der Waals surface area contributed by atoms with Gasteiger partial charge in [-0.15, -0.1) is 0 Å². The number of carbonyl (C=O) groups is 1. The predicted molar refractivity (Wildman–Crippen MR) is 55.3 cm³/mol. The number of aryl methyl sites for hydroxylation is 1. The maximum atomic E-state index is 10.6. The van der Waals surface area contributed by atoms with Gasteiger partial charge >= 0.3 is 5.97 Å². The zero-order valence-electron chi connectivity index (χ0n) is 8.32. The van der Waals surface area contributed by atoms with Crippen molar-refractivity contribution in [1.29, 1.82) is 0 Å². The molecule has 0 aromatic heterocycles. The van der Waals surface area contributed by atoms with Crippen molar-refractivity contribution < 1.29 is 19.7 Å². The monoisotopic (exact) mass is 230 g/mol. The van der Waals surface area contributed by atoms with Crippen molar-refractivity contribution in [2.45, 2.75) is 13.0 Å². The molecule has 1 aromatic carbocycles. The number of aliphatic hydroxyl groups is 1. The van der Waals surface area contributed by atoms with Gasteiger partial charge in [-0.2, -0.15) is 0 Å². The van der Waals surface area contributed by atoms with Crippen molar-refractivity contribution in [3.63, 3.8) is 0 Å². The van der Waals surface area contributed by atoms with Crippen LogP contribution in [0.2, 0.25) is 5.02 Å². The number of halogens is 1. The van der Waals surface area contributed by atoms with Crippen molar-refractivity contribution in [3.8, 4) is 5.75 Å². The maximum Gasteiger partial charge on any atom is 0.337 e. The first kappa shape index (κ1) is 11.8. The predicted octanol–water partition coefficient (Wildman–Crippen LogP) is 1.78. The number of benzene rings is 1. The van der Waals surface area contributed by atoms with Crippen LogP contribution in [0.4, 0.5) is 0 Å². The molecule has 0 radical (unpaired) electrons. The van der Waals surface area contributed by atoms with Crippen LogP contribution in [-0.4, -0.2) is 23.3 Å². The highest BCUT2D eigenvalue weighted by Gasteiger charge is 2.21. The Bertz CT molecular complexity index is 389. The van der Waals surface area contributed by atoms with Gasteiger partial charge in [0.15, 0.2) is 6.10 Å². The smallest absolute Gasteiger partial charge is 0.337 e. The van der Waals surface area contributed by atoms with Gasteiger partial charge in [0.25, 0.3) is 0 Å². The summed E-state index contributed by atoms with van der Waals surface area (Å²) in [7, 11) is 1.40. The number of aliphatic carboxylic acids is 1. The van der Waals surface area contributed by atoms with Crippen LogP contribution >= 0.6 is 11.6 Å². The van der Waals surface area contributed by atoms with Gasteiger partial charge in [-0.25, -0.2) is 4.79 Å². The Hall–Kier alpha value is -1.26. The standard InChI is InChI=1S/C10H11ClO4/c1-5-3-8(15-2)6(4-7(5)11)9(12)10(13)14/h3-4,9,12H,1-2H3,(H,13,14). The maximum absolute atomic E-state index is 10.6. The Morgan fingerprint density at radius 2 is 2.13 bits per heavy atom. The fraction of sp³-hybridized carbons (Fsp3) is 0.300. The SMILES string of the molecule is COc1cc(C)c(Cl)cc1C(O)C(=O)O. The third kappa shape index (κ3) is 2.40. The molecule has 1 rings (SSSR count). The first-order chi connectivity index (χ1) is 6.97. The Labute approximate surface area is 92.1 Å². The van der Waals surface area contributed by atoms with E-state index in [4.69, 9.17) is 21.4 Å². The van der Waals surface area contributed by atoms with E-state index < -0.39 is 12.1 Å². The molecule has 1 unspecified atom stereocenters. The molecular weight excluding hydrogens is 220 g/mol. The molecule has 0 spiro atoms. The molecule has 0 amide bonds. The Morgan fingerprint density at radius 3 is 2.60 bits per heavy atom. The summed E-state index contributed by atoms with van der Waals surface area (Å²) in [5.41, 5.74) is 0.912. The molecule has 0 fully saturated rings. The second kappa shape index (κ2) is 4.51. The molecule has 2 N–H and O–H groups in total. The zero-order valence-corrected chi connectivity index (χ0v) is 9.08. The average molecular weight is 231 g/mol. The summed E-state index contributed by atoms with van der Waals surface area (Å²) in [5.74, 6) is -1.03. The molecular formula is C10H11ClO4. The average Bonchev–Trinajstić information content (AvgIpc) is 2.20. The summed E-state index contributed by atoms with van der Waals surface area (Å²) < 4.78 is 4.97. The first-order valence-electron chi connectivity index (χ1n) is 4.22. The summed E-state index contributed by atoms with van der Waals surface area (Å²) in [5, 5.41) is 18.4. The minimum absolute atomic E-state index is 0.153. The van der Waals surface area contributed by atoms with Crippen molar-refractivity contribution in [1.82, 2.24) is 0 Å². The molecule has 0 heterocycles. The van der Waals surface area contributed by atoms with E-state index in [0.717, 1.165) is 5.56 Å². The van der Waals surface area contributed by atoms with Crippen LogP contribution in [0.3, 0.4) is 0 Å². The second-order valence-corrected chi connectivity index (χ2v) is 3.49. The molecule has 0 bridgehead atoms. The van der Waals surface area contributed by atoms with Gasteiger partial charge in [-0.1, -0.05) is 11.6 Å². The number of carboxylic acid groups (broad SMARTS) is 1. The highest BCUT2D eigenvalue weighted by Crippen LogP contribution is 2.31. The van der Waals surface area contributed by atoms with E-state index in [2.05, 4.69) is 0 Å². The van der Waals surface area contributed by atoms with Gasteiger partial charge in [0.2, 0.25) is 0 Å². The third-order valence-corrected chi connectivity index (χ3v) is 2.45. The van der Waals surface area contributed by atoms with Gasteiger partial charge in [0.1, 0.15) is 5.75 Å². The lowest BCUT2D eigenvalue weighted by molar-refractivity contribution is -0.147. The van der Waals surface area contributed by atoms with Crippen molar-refractivity contribution in [3.05, 3.63) is 28.3 Å². The number of hydrogen-bond acceptors (Lipinski definition) is 3. The van der Waals surface area contributed by atoms with Crippen molar-refractivity contribution in [2.75, 3.05) is 7.11 Å². The van der Waals surface area contributed by atoms with Gasteiger partial charge in [0, 0.05) is 10.6 Å². The number of methoxy groups -OCH3 is 1. The van der Waals surface area contributed by atoms with Gasteiger partial charge in [0.05, 0.1) is 7.11 Å². The van der Waals surface area contributed by atoms with E-state index in [1.807, 2.05) is 0 Å². The number of carboxylic acids is 1. The number of ether oxygens (including phenoxy) is 1. The fourth-order valence-corrected chi connectivity index (χ4v) is 1.37. The second-order valence-electron chi connectivity index (χ2n) is 3.08. The van der Waals surface area contributed by atoms with Crippen LogP contribution in [0.5, 0.6) is 5.75 Å². The molecule has 1 aromatic rings. The highest BCUT2D eigenvalue weighted by molar-refractivity contribution is 6.31. The largest absolute Gasteiger partial charge is 0.496 e. The molecule has 0 aliphatic rings. The summed E-state index contributed by atoms with van der Waals surface area (Å²) in [4.78, 5) is 10.6. The van der Waals surface area contributed by atoms with E-state index in [1.54, 1.807) is 13.0 Å². The summed E-state index contributed by atoms with van der Waals surface area (Å²) in [6.07, 6.45) is -1.63. The number of rotatable bonds is 3. The molecule has 0 saturated carbocycles. The molecule has 82 valence electrons. The van der Waals surface area contributed by atoms with Gasteiger partial charge in [-0.05, 0) is 24.6 Å². The quantitative estimate of drug-likeness (QED) is 0.831. The minimum Gasteiger partial charge on any atom is -0.496 e. The molecule has 0 aliphatic heterocycles. The van der Waals surface area contributed by atoms with Crippen molar-refractivity contribution >= 4 is 17.6 Å². The Morgan fingerprint density at radius 1 is 1.53 bits per heavy atom. The molecule has 1 atom stereocenters. The van der Waals surface area contributed by atoms with Crippen LogP contribution < -0.4 is 4.74 Å². The minimum atomic E-state index is -1.63. The summed E-state index contributed by atoms with van der Waals surface area (Å²) in [6, 6.07) is 2.98. The number of aliphatic hydroxyl groups excluding tert-OH is 1. The van der Waals surface area contributed by atoms with E-state index in [0.29, 0.717) is 10.8 Å². The van der Waals surface area contributed by atoms with Crippen LogP contribution in [0.1, 0.15) is 17.2 Å². The van der Waals surface area contributed by atoms with E-state index in [1.165, 1.54) is 13.2 Å². The van der Waals surface area contributed by atoms with Crippen LogP contribution in [0.25, 0.3) is 0 Å². The van der Waals surface area contributed by atoms with E-state index in [-0.39, 0.29) is 5.56 Å².